The zero-order valence-corrected chi connectivity index (χ0v) is 11.1. The summed E-state index contributed by atoms with van der Waals surface area (Å²) in [5.41, 5.74) is 5.58. The van der Waals surface area contributed by atoms with Gasteiger partial charge in [0.05, 0.1) is 10.9 Å². The van der Waals surface area contributed by atoms with Gasteiger partial charge in [-0.05, 0) is 6.42 Å². The second kappa shape index (κ2) is 6.30. The molecule has 0 aliphatic carbocycles. The number of rotatable bonds is 4. The van der Waals surface area contributed by atoms with E-state index in [1.54, 1.807) is 4.90 Å². The first kappa shape index (κ1) is 13.6. The number of carbonyl (C=O) groups excluding carboxylic acids is 1. The average Bonchev–Trinajstić information content (AvgIpc) is 2.25. The lowest BCUT2D eigenvalue weighted by Crippen LogP contribution is -2.47. The van der Waals surface area contributed by atoms with E-state index in [1.807, 2.05) is 6.92 Å². The molecular weight excluding hydrogens is 244 g/mol. The Morgan fingerprint density at radius 3 is 2.50 bits per heavy atom. The van der Waals surface area contributed by atoms with Crippen LogP contribution in [0, 0.1) is 5.92 Å². The molecule has 1 heterocycles. The summed E-state index contributed by atoms with van der Waals surface area (Å²) in [7, 11) is -0.763. The molecule has 0 radical (unpaired) electrons. The lowest BCUT2D eigenvalue weighted by molar-refractivity contribution is -0.133. The molecule has 92 valence electrons. The molecule has 2 N–H and O–H groups in total. The molecule has 0 spiro atoms. The summed E-state index contributed by atoms with van der Waals surface area (Å²) in [5.74, 6) is 0.807. The van der Waals surface area contributed by atoms with Crippen LogP contribution in [-0.4, -0.2) is 44.6 Å². The van der Waals surface area contributed by atoms with Crippen LogP contribution in [0.4, 0.5) is 0 Å². The molecule has 0 aromatic heterocycles. The number of thiocarbonyl (C=S) groups is 1. The van der Waals surface area contributed by atoms with Crippen LogP contribution < -0.4 is 5.73 Å². The third kappa shape index (κ3) is 3.52. The van der Waals surface area contributed by atoms with Crippen molar-refractivity contribution in [1.82, 2.24) is 4.90 Å². The van der Waals surface area contributed by atoms with Gasteiger partial charge in [0.1, 0.15) is 0 Å². The van der Waals surface area contributed by atoms with Gasteiger partial charge in [-0.25, -0.2) is 0 Å². The molecule has 0 aromatic carbocycles. The van der Waals surface area contributed by atoms with E-state index in [9.17, 15) is 9.00 Å². The van der Waals surface area contributed by atoms with Gasteiger partial charge in [0, 0.05) is 35.4 Å². The van der Waals surface area contributed by atoms with Crippen molar-refractivity contribution in [2.75, 3.05) is 24.6 Å². The number of nitrogens with zero attached hydrogens (tertiary/aromatic N) is 1. The number of hydrogen-bond donors (Lipinski definition) is 1. The van der Waals surface area contributed by atoms with Crippen LogP contribution in [-0.2, 0) is 15.6 Å². The number of amides is 1. The van der Waals surface area contributed by atoms with Gasteiger partial charge < -0.3 is 10.6 Å². The van der Waals surface area contributed by atoms with Gasteiger partial charge in [0.2, 0.25) is 5.91 Å². The van der Waals surface area contributed by atoms with Gasteiger partial charge in [-0.2, -0.15) is 0 Å². The quantitative estimate of drug-likeness (QED) is 0.739. The summed E-state index contributed by atoms with van der Waals surface area (Å²) in [6, 6.07) is 0. The van der Waals surface area contributed by atoms with E-state index in [2.05, 4.69) is 0 Å². The van der Waals surface area contributed by atoms with Crippen molar-refractivity contribution in [2.45, 2.75) is 19.8 Å². The predicted molar refractivity (Wildman–Crippen MR) is 69.6 cm³/mol. The minimum absolute atomic E-state index is 0.00560. The molecule has 16 heavy (non-hydrogen) atoms. The summed E-state index contributed by atoms with van der Waals surface area (Å²) >= 11 is 4.92. The summed E-state index contributed by atoms with van der Waals surface area (Å²) in [4.78, 5) is 14.1. The fourth-order valence-electron chi connectivity index (χ4n) is 1.75. The maximum absolute atomic E-state index is 12.1. The third-order valence-corrected chi connectivity index (χ3v) is 4.27. The summed E-state index contributed by atoms with van der Waals surface area (Å²) in [5, 5.41) is 0. The molecule has 6 heteroatoms. The van der Waals surface area contributed by atoms with Gasteiger partial charge in [-0.1, -0.05) is 25.6 Å². The first-order chi connectivity index (χ1) is 7.56. The molecule has 0 saturated carbocycles. The van der Waals surface area contributed by atoms with Gasteiger partial charge >= 0.3 is 0 Å². The van der Waals surface area contributed by atoms with Crippen LogP contribution >= 0.6 is 12.2 Å². The van der Waals surface area contributed by atoms with Gasteiger partial charge in [0.25, 0.3) is 0 Å². The molecule has 1 saturated heterocycles. The fraction of sp³-hybridized carbons (Fsp3) is 0.800. The molecule has 1 aliphatic heterocycles. The maximum atomic E-state index is 12.1. The second-order valence-corrected chi connectivity index (χ2v) is 6.08. The highest BCUT2D eigenvalue weighted by Crippen LogP contribution is 2.13. The van der Waals surface area contributed by atoms with Crippen molar-refractivity contribution in [1.29, 1.82) is 0 Å². The average molecular weight is 262 g/mol. The van der Waals surface area contributed by atoms with Crippen molar-refractivity contribution < 1.29 is 9.00 Å². The summed E-state index contributed by atoms with van der Waals surface area (Å²) in [6.45, 7) is 3.13. The van der Waals surface area contributed by atoms with Crippen LogP contribution in [0.15, 0.2) is 0 Å². The molecule has 1 amide bonds. The van der Waals surface area contributed by atoms with Gasteiger partial charge in [0.15, 0.2) is 0 Å². The SMILES string of the molecule is CCCC(C(=O)N1CCS(=O)CC1)C(N)=S. The Morgan fingerprint density at radius 2 is 2.06 bits per heavy atom. The van der Waals surface area contributed by atoms with Crippen molar-refractivity contribution in [3.8, 4) is 0 Å². The van der Waals surface area contributed by atoms with Crippen LogP contribution in [0.2, 0.25) is 0 Å². The van der Waals surface area contributed by atoms with E-state index in [0.29, 0.717) is 31.0 Å². The molecule has 1 unspecified atom stereocenters. The first-order valence-electron chi connectivity index (χ1n) is 5.49. The van der Waals surface area contributed by atoms with Crippen molar-refractivity contribution >= 4 is 33.9 Å². The first-order valence-corrected chi connectivity index (χ1v) is 7.39. The molecule has 1 rings (SSSR count). The van der Waals surface area contributed by atoms with E-state index in [0.717, 1.165) is 6.42 Å². The lowest BCUT2D eigenvalue weighted by Gasteiger charge is -2.29. The Morgan fingerprint density at radius 1 is 1.50 bits per heavy atom. The Hall–Kier alpha value is -0.490. The second-order valence-electron chi connectivity index (χ2n) is 3.92. The Kier molecular flexibility index (Phi) is 5.34. The van der Waals surface area contributed by atoms with Crippen molar-refractivity contribution in [3.05, 3.63) is 0 Å². The van der Waals surface area contributed by atoms with Crippen LogP contribution in [0.1, 0.15) is 19.8 Å². The number of hydrogen-bond acceptors (Lipinski definition) is 3. The van der Waals surface area contributed by atoms with Crippen LogP contribution in [0.3, 0.4) is 0 Å². The highest BCUT2D eigenvalue weighted by atomic mass is 32.2. The highest BCUT2D eigenvalue weighted by molar-refractivity contribution is 7.85. The molecule has 0 aromatic rings. The normalized spacial score (nSPS) is 19.4. The Labute approximate surface area is 104 Å². The minimum atomic E-state index is -0.763. The van der Waals surface area contributed by atoms with E-state index in [1.165, 1.54) is 0 Å². The molecular formula is C10H18N2O2S2. The molecule has 1 aliphatic rings. The summed E-state index contributed by atoms with van der Waals surface area (Å²) < 4.78 is 11.2. The van der Waals surface area contributed by atoms with Crippen molar-refractivity contribution in [2.24, 2.45) is 11.7 Å². The van der Waals surface area contributed by atoms with E-state index < -0.39 is 10.8 Å². The zero-order valence-electron chi connectivity index (χ0n) is 9.48. The predicted octanol–water partition coefficient (Wildman–Crippen LogP) is 0.280. The maximum Gasteiger partial charge on any atom is 0.232 e. The van der Waals surface area contributed by atoms with Gasteiger partial charge in [-0.15, -0.1) is 0 Å². The number of carbonyl (C=O) groups is 1. The standard InChI is InChI=1S/C10H18N2O2S2/c1-2-3-8(9(11)15)10(13)12-4-6-16(14)7-5-12/h8H,2-7H2,1H3,(H2,11,15). The highest BCUT2D eigenvalue weighted by Gasteiger charge is 2.28. The van der Waals surface area contributed by atoms with Crippen LogP contribution in [0.5, 0.6) is 0 Å². The molecule has 0 bridgehead atoms. The minimum Gasteiger partial charge on any atom is -0.393 e. The lowest BCUT2D eigenvalue weighted by atomic mass is 10.0. The molecule has 1 fully saturated rings. The van der Waals surface area contributed by atoms with E-state index in [-0.39, 0.29) is 16.8 Å². The molecule has 4 nitrogen and oxygen atoms in total. The van der Waals surface area contributed by atoms with E-state index in [4.69, 9.17) is 18.0 Å². The topological polar surface area (TPSA) is 63.4 Å². The number of nitrogens with two attached hydrogens (primary N) is 1. The Bertz CT molecular complexity index is 297. The smallest absolute Gasteiger partial charge is 0.232 e. The molecule has 1 atom stereocenters. The third-order valence-electron chi connectivity index (χ3n) is 2.71. The monoisotopic (exact) mass is 262 g/mol. The summed E-state index contributed by atoms with van der Waals surface area (Å²) in [6.07, 6.45) is 1.58. The van der Waals surface area contributed by atoms with E-state index >= 15 is 0 Å². The van der Waals surface area contributed by atoms with Crippen LogP contribution in [0.25, 0.3) is 0 Å². The van der Waals surface area contributed by atoms with Crippen molar-refractivity contribution in [3.63, 3.8) is 0 Å². The van der Waals surface area contributed by atoms with Gasteiger partial charge in [-0.3, -0.25) is 9.00 Å². The fourth-order valence-corrected chi connectivity index (χ4v) is 3.03. The Balaban J connectivity index is 2.60. The zero-order chi connectivity index (χ0) is 12.1. The largest absolute Gasteiger partial charge is 0.393 e.